The van der Waals surface area contributed by atoms with Gasteiger partial charge in [-0.15, -0.1) is 0 Å². The van der Waals surface area contributed by atoms with Crippen molar-refractivity contribution in [2.45, 2.75) is 78.4 Å². The number of hydrogen-bond acceptors (Lipinski definition) is 3. The zero-order chi connectivity index (χ0) is 17.2. The second-order valence-electron chi connectivity index (χ2n) is 7.06. The lowest BCUT2D eigenvalue weighted by Gasteiger charge is -2.34. The van der Waals surface area contributed by atoms with Crippen molar-refractivity contribution in [3.63, 3.8) is 0 Å². The Morgan fingerprint density at radius 1 is 1.13 bits per heavy atom. The predicted octanol–water partition coefficient (Wildman–Crippen LogP) is 2.64. The molecule has 0 aromatic carbocycles. The SMILES string of the molecule is CC(C)OCCCNC(=O)CCC(=O)N[C@H]1CCC[C@H](C)[C@@H]1C. The third-order valence-electron chi connectivity index (χ3n) is 4.73. The maximum atomic E-state index is 12.0. The average molecular weight is 326 g/mol. The molecule has 2 amide bonds. The van der Waals surface area contributed by atoms with Crippen molar-refractivity contribution >= 4 is 11.8 Å². The molecule has 3 atom stereocenters. The molecule has 1 fully saturated rings. The van der Waals surface area contributed by atoms with Gasteiger partial charge in [0, 0.05) is 32.0 Å². The third-order valence-corrected chi connectivity index (χ3v) is 4.73. The number of hydrogen-bond donors (Lipinski definition) is 2. The van der Waals surface area contributed by atoms with E-state index in [0.717, 1.165) is 12.8 Å². The number of ether oxygens (including phenoxy) is 1. The highest BCUT2D eigenvalue weighted by Gasteiger charge is 2.27. The maximum absolute atomic E-state index is 12.0. The van der Waals surface area contributed by atoms with Gasteiger partial charge in [-0.25, -0.2) is 0 Å². The van der Waals surface area contributed by atoms with Gasteiger partial charge in [-0.05, 0) is 38.5 Å². The minimum absolute atomic E-state index is 0.00533. The summed E-state index contributed by atoms with van der Waals surface area (Å²) in [6.45, 7) is 9.69. The first-order valence-electron chi connectivity index (χ1n) is 9.07. The summed E-state index contributed by atoms with van der Waals surface area (Å²) >= 11 is 0. The molecule has 1 rings (SSSR count). The topological polar surface area (TPSA) is 67.4 Å². The summed E-state index contributed by atoms with van der Waals surface area (Å²) in [5.74, 6) is 1.11. The molecule has 0 radical (unpaired) electrons. The first kappa shape index (κ1) is 19.9. The minimum atomic E-state index is -0.0604. The van der Waals surface area contributed by atoms with E-state index in [2.05, 4.69) is 24.5 Å². The zero-order valence-corrected chi connectivity index (χ0v) is 15.2. The molecular weight excluding hydrogens is 292 g/mol. The van der Waals surface area contributed by atoms with Crippen LogP contribution < -0.4 is 10.6 Å². The van der Waals surface area contributed by atoms with Crippen molar-refractivity contribution in [1.29, 1.82) is 0 Å². The molecule has 1 aliphatic rings. The summed E-state index contributed by atoms with van der Waals surface area (Å²) < 4.78 is 5.41. The van der Waals surface area contributed by atoms with Crippen molar-refractivity contribution in [2.24, 2.45) is 11.8 Å². The van der Waals surface area contributed by atoms with E-state index in [9.17, 15) is 9.59 Å². The van der Waals surface area contributed by atoms with Crippen molar-refractivity contribution in [3.8, 4) is 0 Å². The molecule has 5 heteroatoms. The van der Waals surface area contributed by atoms with E-state index in [4.69, 9.17) is 4.74 Å². The normalized spacial score (nSPS) is 24.5. The first-order chi connectivity index (χ1) is 10.9. The monoisotopic (exact) mass is 326 g/mol. The van der Waals surface area contributed by atoms with Gasteiger partial charge in [0.05, 0.1) is 6.10 Å². The molecule has 0 heterocycles. The summed E-state index contributed by atoms with van der Waals surface area (Å²) in [5, 5.41) is 5.94. The number of carbonyl (C=O) groups excluding carboxylic acids is 2. The van der Waals surface area contributed by atoms with Crippen molar-refractivity contribution in [2.75, 3.05) is 13.2 Å². The van der Waals surface area contributed by atoms with Crippen molar-refractivity contribution < 1.29 is 14.3 Å². The Hall–Kier alpha value is -1.10. The number of nitrogens with one attached hydrogen (secondary N) is 2. The average Bonchev–Trinajstić information content (AvgIpc) is 2.49. The molecule has 0 aromatic heterocycles. The van der Waals surface area contributed by atoms with Gasteiger partial charge in [0.15, 0.2) is 0 Å². The first-order valence-corrected chi connectivity index (χ1v) is 9.07. The van der Waals surface area contributed by atoms with Crippen LogP contribution in [0.5, 0.6) is 0 Å². The van der Waals surface area contributed by atoms with Crippen molar-refractivity contribution in [3.05, 3.63) is 0 Å². The lowest BCUT2D eigenvalue weighted by atomic mass is 9.78. The fourth-order valence-electron chi connectivity index (χ4n) is 3.00. The standard InChI is InChI=1S/C18H34N2O3/c1-13(2)23-12-6-11-19-17(21)9-10-18(22)20-16-8-5-7-14(3)15(16)4/h13-16H,5-12H2,1-4H3,(H,19,21)(H,20,22)/t14-,15-,16-/m0/s1. The highest BCUT2D eigenvalue weighted by molar-refractivity contribution is 5.83. The Morgan fingerprint density at radius 2 is 1.83 bits per heavy atom. The smallest absolute Gasteiger partial charge is 0.220 e. The van der Waals surface area contributed by atoms with E-state index in [1.807, 2.05) is 13.8 Å². The summed E-state index contributed by atoms with van der Waals surface area (Å²) in [6, 6.07) is 0.266. The van der Waals surface area contributed by atoms with E-state index in [0.29, 0.717) is 25.0 Å². The van der Waals surface area contributed by atoms with E-state index in [-0.39, 0.29) is 36.8 Å². The third kappa shape index (κ3) is 8.35. The summed E-state index contributed by atoms with van der Waals surface area (Å²) in [5.41, 5.74) is 0. The Balaban J connectivity index is 2.11. The van der Waals surface area contributed by atoms with Gasteiger partial charge in [-0.2, -0.15) is 0 Å². The van der Waals surface area contributed by atoms with Gasteiger partial charge < -0.3 is 15.4 Å². The van der Waals surface area contributed by atoms with Crippen LogP contribution in [0.3, 0.4) is 0 Å². The molecule has 0 bridgehead atoms. The van der Waals surface area contributed by atoms with Crippen LogP contribution in [0, 0.1) is 11.8 Å². The Morgan fingerprint density at radius 3 is 2.52 bits per heavy atom. The summed E-state index contributed by atoms with van der Waals surface area (Å²) in [6.07, 6.45) is 5.03. The molecule has 0 saturated heterocycles. The second kappa shape index (κ2) is 10.6. The lowest BCUT2D eigenvalue weighted by Crippen LogP contribution is -2.43. The fraction of sp³-hybridized carbons (Fsp3) is 0.889. The van der Waals surface area contributed by atoms with Gasteiger partial charge >= 0.3 is 0 Å². The molecule has 2 N–H and O–H groups in total. The summed E-state index contributed by atoms with van der Waals surface area (Å²) in [7, 11) is 0. The minimum Gasteiger partial charge on any atom is -0.379 e. The lowest BCUT2D eigenvalue weighted by molar-refractivity contribution is -0.127. The molecule has 1 aliphatic carbocycles. The molecule has 0 spiro atoms. The second-order valence-corrected chi connectivity index (χ2v) is 7.06. The van der Waals surface area contributed by atoms with Gasteiger partial charge in [0.1, 0.15) is 0 Å². The number of rotatable bonds is 9. The van der Waals surface area contributed by atoms with Gasteiger partial charge in [-0.1, -0.05) is 26.7 Å². The van der Waals surface area contributed by atoms with E-state index >= 15 is 0 Å². The molecular formula is C18H34N2O3. The fourth-order valence-corrected chi connectivity index (χ4v) is 3.00. The number of carbonyl (C=O) groups is 2. The Labute approximate surface area is 140 Å². The van der Waals surface area contributed by atoms with Crippen LogP contribution in [0.25, 0.3) is 0 Å². The van der Waals surface area contributed by atoms with Gasteiger partial charge in [0.25, 0.3) is 0 Å². The zero-order valence-electron chi connectivity index (χ0n) is 15.2. The van der Waals surface area contributed by atoms with Gasteiger partial charge in [0.2, 0.25) is 11.8 Å². The van der Waals surface area contributed by atoms with Crippen LogP contribution in [0.2, 0.25) is 0 Å². The van der Waals surface area contributed by atoms with E-state index < -0.39 is 0 Å². The Kier molecular flexibility index (Phi) is 9.22. The van der Waals surface area contributed by atoms with Gasteiger partial charge in [-0.3, -0.25) is 9.59 Å². The molecule has 0 aromatic rings. The maximum Gasteiger partial charge on any atom is 0.220 e. The van der Waals surface area contributed by atoms with Crippen LogP contribution in [0.15, 0.2) is 0 Å². The molecule has 5 nitrogen and oxygen atoms in total. The highest BCUT2D eigenvalue weighted by Crippen LogP contribution is 2.29. The largest absolute Gasteiger partial charge is 0.379 e. The van der Waals surface area contributed by atoms with Crippen LogP contribution in [-0.4, -0.2) is 37.1 Å². The van der Waals surface area contributed by atoms with E-state index in [1.165, 1.54) is 12.8 Å². The molecule has 0 unspecified atom stereocenters. The molecule has 1 saturated carbocycles. The van der Waals surface area contributed by atoms with Crippen LogP contribution in [0.1, 0.15) is 66.2 Å². The number of amides is 2. The highest BCUT2D eigenvalue weighted by atomic mass is 16.5. The van der Waals surface area contributed by atoms with Crippen LogP contribution in [-0.2, 0) is 14.3 Å². The van der Waals surface area contributed by atoms with Crippen molar-refractivity contribution in [1.82, 2.24) is 10.6 Å². The molecule has 0 aliphatic heterocycles. The predicted molar refractivity (Wildman–Crippen MR) is 92.1 cm³/mol. The Bertz CT molecular complexity index is 371. The van der Waals surface area contributed by atoms with E-state index in [1.54, 1.807) is 0 Å². The quantitative estimate of drug-likeness (QED) is 0.640. The molecule has 23 heavy (non-hydrogen) atoms. The summed E-state index contributed by atoms with van der Waals surface area (Å²) in [4.78, 5) is 23.7. The molecule has 134 valence electrons. The van der Waals surface area contributed by atoms with Crippen LogP contribution in [0.4, 0.5) is 0 Å². The van der Waals surface area contributed by atoms with Crippen LogP contribution >= 0.6 is 0 Å².